The van der Waals surface area contributed by atoms with E-state index in [1.807, 2.05) is 36.4 Å². The van der Waals surface area contributed by atoms with Gasteiger partial charge in [-0.1, -0.05) is 50.5 Å². The van der Waals surface area contributed by atoms with E-state index in [-0.39, 0.29) is 18.4 Å². The number of piperazine rings is 1. The fourth-order valence-electron chi connectivity index (χ4n) is 4.35. The van der Waals surface area contributed by atoms with Crippen LogP contribution >= 0.6 is 0 Å². The Morgan fingerprint density at radius 2 is 1.53 bits per heavy atom. The second-order valence-electron chi connectivity index (χ2n) is 8.66. The SMILES string of the molecule is CCCCCCN1CC(=O)N(C)[C@@H](Cc2ccc(-c3cc(OC)c(OC)c(OC)c3)cc2)C1=O. The summed E-state index contributed by atoms with van der Waals surface area (Å²) in [5, 5.41) is 0. The Balaban J connectivity index is 1.75. The average molecular weight is 469 g/mol. The highest BCUT2D eigenvalue weighted by Crippen LogP contribution is 2.41. The van der Waals surface area contributed by atoms with Gasteiger partial charge in [0.2, 0.25) is 17.6 Å². The highest BCUT2D eigenvalue weighted by atomic mass is 16.5. The van der Waals surface area contributed by atoms with Crippen molar-refractivity contribution in [3.8, 4) is 28.4 Å². The van der Waals surface area contributed by atoms with Crippen LogP contribution in [0.25, 0.3) is 11.1 Å². The lowest BCUT2D eigenvalue weighted by Gasteiger charge is -2.38. The Labute approximate surface area is 202 Å². The summed E-state index contributed by atoms with van der Waals surface area (Å²) in [4.78, 5) is 29.0. The molecule has 0 aliphatic carbocycles. The molecule has 2 aromatic rings. The first-order valence-corrected chi connectivity index (χ1v) is 11.9. The van der Waals surface area contributed by atoms with E-state index in [1.165, 1.54) is 0 Å². The molecule has 1 heterocycles. The number of carbonyl (C=O) groups excluding carboxylic acids is 2. The molecule has 0 bridgehead atoms. The second kappa shape index (κ2) is 11.8. The normalized spacial score (nSPS) is 16.1. The van der Waals surface area contributed by atoms with Gasteiger partial charge in [0.25, 0.3) is 0 Å². The molecule has 184 valence electrons. The average Bonchev–Trinajstić information content (AvgIpc) is 2.86. The van der Waals surface area contributed by atoms with Crippen LogP contribution in [-0.2, 0) is 16.0 Å². The molecule has 7 nitrogen and oxygen atoms in total. The van der Waals surface area contributed by atoms with Crippen LogP contribution in [0.2, 0.25) is 0 Å². The number of unbranched alkanes of at least 4 members (excludes halogenated alkanes) is 3. The lowest BCUT2D eigenvalue weighted by molar-refractivity contribution is -0.154. The minimum atomic E-state index is -0.473. The van der Waals surface area contributed by atoms with Crippen molar-refractivity contribution in [3.63, 3.8) is 0 Å². The lowest BCUT2D eigenvalue weighted by Crippen LogP contribution is -2.59. The molecule has 0 spiro atoms. The molecule has 2 amide bonds. The molecule has 3 rings (SSSR count). The Kier molecular flexibility index (Phi) is 8.79. The molecule has 34 heavy (non-hydrogen) atoms. The van der Waals surface area contributed by atoms with Crippen molar-refractivity contribution >= 4 is 11.8 Å². The minimum absolute atomic E-state index is 0.00543. The van der Waals surface area contributed by atoms with E-state index in [1.54, 1.807) is 38.2 Å². The van der Waals surface area contributed by atoms with Gasteiger partial charge >= 0.3 is 0 Å². The third-order valence-electron chi connectivity index (χ3n) is 6.45. The van der Waals surface area contributed by atoms with Gasteiger partial charge in [-0.3, -0.25) is 9.59 Å². The summed E-state index contributed by atoms with van der Waals surface area (Å²) in [6, 6.07) is 11.4. The van der Waals surface area contributed by atoms with Crippen LogP contribution in [0.3, 0.4) is 0 Å². The molecule has 0 aromatic heterocycles. The molecule has 0 radical (unpaired) electrons. The number of methoxy groups -OCH3 is 3. The summed E-state index contributed by atoms with van der Waals surface area (Å²) >= 11 is 0. The first kappa shape index (κ1) is 25.4. The van der Waals surface area contributed by atoms with Crippen molar-refractivity contribution in [1.29, 1.82) is 0 Å². The lowest BCUT2D eigenvalue weighted by atomic mass is 9.98. The predicted octanol–water partition coefficient (Wildman–Crippen LogP) is 4.17. The van der Waals surface area contributed by atoms with Gasteiger partial charge in [0.05, 0.1) is 27.9 Å². The van der Waals surface area contributed by atoms with Crippen LogP contribution < -0.4 is 14.2 Å². The summed E-state index contributed by atoms with van der Waals surface area (Å²) in [7, 11) is 6.49. The number of likely N-dealkylation sites (N-methyl/N-ethyl adjacent to an activating group) is 1. The fourth-order valence-corrected chi connectivity index (χ4v) is 4.35. The predicted molar refractivity (Wildman–Crippen MR) is 133 cm³/mol. The zero-order valence-electron chi connectivity index (χ0n) is 20.9. The van der Waals surface area contributed by atoms with Gasteiger partial charge in [-0.05, 0) is 35.2 Å². The molecule has 1 aliphatic rings. The standard InChI is InChI=1S/C27H36N2O5/c1-6-7-8-9-14-29-18-25(30)28(2)22(27(29)31)15-19-10-12-20(13-11-19)21-16-23(32-3)26(34-5)24(17-21)33-4/h10-13,16-17,22H,6-9,14-15,18H2,1-5H3/t22-/m0/s1. The molecular weight excluding hydrogens is 432 g/mol. The summed E-state index contributed by atoms with van der Waals surface area (Å²) in [6.45, 7) is 2.99. The molecule has 2 aromatic carbocycles. The molecule has 0 unspecified atom stereocenters. The van der Waals surface area contributed by atoms with Gasteiger partial charge in [0.15, 0.2) is 11.5 Å². The van der Waals surface area contributed by atoms with Crippen LogP contribution in [0, 0.1) is 0 Å². The number of hydrogen-bond acceptors (Lipinski definition) is 5. The minimum Gasteiger partial charge on any atom is -0.493 e. The van der Waals surface area contributed by atoms with Crippen molar-refractivity contribution in [1.82, 2.24) is 9.80 Å². The zero-order valence-corrected chi connectivity index (χ0v) is 20.9. The Morgan fingerprint density at radius 1 is 0.882 bits per heavy atom. The highest BCUT2D eigenvalue weighted by molar-refractivity contribution is 5.95. The third-order valence-corrected chi connectivity index (χ3v) is 6.45. The molecule has 1 atom stereocenters. The van der Waals surface area contributed by atoms with E-state index in [0.29, 0.717) is 30.2 Å². The summed E-state index contributed by atoms with van der Waals surface area (Å²) < 4.78 is 16.3. The van der Waals surface area contributed by atoms with Crippen LogP contribution in [0.4, 0.5) is 0 Å². The van der Waals surface area contributed by atoms with Gasteiger partial charge in [-0.15, -0.1) is 0 Å². The smallest absolute Gasteiger partial charge is 0.246 e. The number of amides is 2. The van der Waals surface area contributed by atoms with Crippen molar-refractivity contribution < 1.29 is 23.8 Å². The van der Waals surface area contributed by atoms with Crippen LogP contribution in [0.5, 0.6) is 17.2 Å². The van der Waals surface area contributed by atoms with E-state index < -0.39 is 6.04 Å². The Hall–Kier alpha value is -3.22. The van der Waals surface area contributed by atoms with E-state index in [9.17, 15) is 9.59 Å². The van der Waals surface area contributed by atoms with Gasteiger partial charge in [0, 0.05) is 20.0 Å². The van der Waals surface area contributed by atoms with Crippen LogP contribution in [-0.4, -0.2) is 69.1 Å². The van der Waals surface area contributed by atoms with Crippen molar-refractivity contribution in [2.45, 2.75) is 45.1 Å². The summed E-state index contributed by atoms with van der Waals surface area (Å²) in [5.74, 6) is 1.76. The van der Waals surface area contributed by atoms with E-state index in [4.69, 9.17) is 14.2 Å². The number of nitrogens with zero attached hydrogens (tertiary/aromatic N) is 2. The van der Waals surface area contributed by atoms with Crippen molar-refractivity contribution in [2.75, 3.05) is 41.5 Å². The monoisotopic (exact) mass is 468 g/mol. The number of rotatable bonds is 11. The highest BCUT2D eigenvalue weighted by Gasteiger charge is 2.36. The maximum Gasteiger partial charge on any atom is 0.246 e. The number of carbonyl (C=O) groups is 2. The molecular formula is C27H36N2O5. The molecule has 7 heteroatoms. The molecule has 1 fully saturated rings. The summed E-state index contributed by atoms with van der Waals surface area (Å²) in [6.07, 6.45) is 4.80. The van der Waals surface area contributed by atoms with Gasteiger partial charge in [0.1, 0.15) is 6.04 Å². The largest absolute Gasteiger partial charge is 0.493 e. The maximum absolute atomic E-state index is 13.1. The van der Waals surface area contributed by atoms with E-state index in [2.05, 4.69) is 6.92 Å². The molecule has 1 aliphatic heterocycles. The topological polar surface area (TPSA) is 68.3 Å². The van der Waals surface area contributed by atoms with E-state index in [0.717, 1.165) is 42.4 Å². The summed E-state index contributed by atoms with van der Waals surface area (Å²) in [5.41, 5.74) is 2.92. The maximum atomic E-state index is 13.1. The van der Waals surface area contributed by atoms with Crippen LogP contribution in [0.15, 0.2) is 36.4 Å². The molecule has 0 N–H and O–H groups in total. The quantitative estimate of drug-likeness (QED) is 0.463. The number of hydrogen-bond donors (Lipinski definition) is 0. The van der Waals surface area contributed by atoms with Gasteiger partial charge < -0.3 is 24.0 Å². The van der Waals surface area contributed by atoms with Gasteiger partial charge in [-0.25, -0.2) is 0 Å². The van der Waals surface area contributed by atoms with Crippen molar-refractivity contribution in [3.05, 3.63) is 42.0 Å². The molecule has 0 saturated carbocycles. The van der Waals surface area contributed by atoms with Gasteiger partial charge in [-0.2, -0.15) is 0 Å². The first-order valence-electron chi connectivity index (χ1n) is 11.9. The fraction of sp³-hybridized carbons (Fsp3) is 0.481. The first-order chi connectivity index (χ1) is 16.4. The second-order valence-corrected chi connectivity index (χ2v) is 8.66. The third kappa shape index (κ3) is 5.64. The molecule has 1 saturated heterocycles. The Bertz CT molecular complexity index is 964. The van der Waals surface area contributed by atoms with E-state index >= 15 is 0 Å². The zero-order chi connectivity index (χ0) is 24.7. The van der Waals surface area contributed by atoms with Crippen molar-refractivity contribution in [2.24, 2.45) is 0 Å². The Morgan fingerprint density at radius 3 is 2.09 bits per heavy atom. The number of benzene rings is 2. The van der Waals surface area contributed by atoms with Crippen LogP contribution in [0.1, 0.15) is 38.2 Å². The number of ether oxygens (including phenoxy) is 3.